The van der Waals surface area contributed by atoms with Gasteiger partial charge in [0.15, 0.2) is 10.1 Å². The third kappa shape index (κ3) is 3.66. The van der Waals surface area contributed by atoms with E-state index < -0.39 is 27.6 Å². The summed E-state index contributed by atoms with van der Waals surface area (Å²) in [5, 5.41) is -4.92. The molecule has 0 saturated heterocycles. The van der Waals surface area contributed by atoms with Crippen LogP contribution < -0.4 is 0 Å². The van der Waals surface area contributed by atoms with Crippen LogP contribution in [0.15, 0.2) is 12.2 Å². The van der Waals surface area contributed by atoms with Crippen molar-refractivity contribution >= 4 is 21.7 Å². The minimum absolute atomic E-state index is 0. The van der Waals surface area contributed by atoms with Crippen molar-refractivity contribution < 1.29 is 62.5 Å². The number of hydrogen-bond donors (Lipinski definition) is 0. The van der Waals surface area contributed by atoms with Crippen molar-refractivity contribution in [2.75, 3.05) is 0 Å². The second-order valence-corrected chi connectivity index (χ2v) is 9.52. The molecule has 0 aromatic carbocycles. The first-order chi connectivity index (χ1) is 12.1. The van der Waals surface area contributed by atoms with Crippen LogP contribution in [0.5, 0.6) is 0 Å². The van der Waals surface area contributed by atoms with Crippen molar-refractivity contribution in [3.05, 3.63) is 26.0 Å². The first kappa shape index (κ1) is 24.0. The van der Waals surface area contributed by atoms with E-state index in [2.05, 4.69) is 18.6 Å². The monoisotopic (exact) mass is 639 g/mol. The molecule has 4 aliphatic carbocycles. The van der Waals surface area contributed by atoms with E-state index in [1.54, 1.807) is 0 Å². The Morgan fingerprint density at radius 1 is 1.11 bits per heavy atom. The molecular formula is C19H23F2O5SU-. The predicted molar refractivity (Wildman–Crippen MR) is 92.0 cm³/mol. The Kier molecular flexibility index (Phi) is 6.98. The third-order valence-electron chi connectivity index (χ3n) is 6.87. The fourth-order valence-electron chi connectivity index (χ4n) is 5.96. The van der Waals surface area contributed by atoms with Gasteiger partial charge in [-0.25, -0.2) is 8.42 Å². The molecule has 3 fully saturated rings. The molecule has 154 valence electrons. The van der Waals surface area contributed by atoms with Crippen LogP contribution in [-0.2, 0) is 19.7 Å². The van der Waals surface area contributed by atoms with E-state index in [1.165, 1.54) is 6.42 Å². The zero-order valence-corrected chi connectivity index (χ0v) is 20.5. The number of fused-ring (bicyclic) bond motifs is 9. The smallest absolute Gasteiger partial charge is 0.391 e. The topological polar surface area (TPSA) is 91.3 Å². The van der Waals surface area contributed by atoms with Crippen molar-refractivity contribution in [1.82, 2.24) is 0 Å². The SMILES string of the molecule is O=C(CCCC(=O)C(F)(F)S(=O)(=O)[O-])C1[CH-]C2CC1C1C3C=CC(C3)C21.[CH3+].[U]. The minimum Gasteiger partial charge on any atom is -0.743 e. The maximum atomic E-state index is 13.2. The van der Waals surface area contributed by atoms with Gasteiger partial charge in [-0.1, -0.05) is 30.4 Å². The first-order valence-corrected chi connectivity index (χ1v) is 10.4. The molecule has 3 saturated carbocycles. The van der Waals surface area contributed by atoms with E-state index in [1.807, 2.05) is 0 Å². The minimum atomic E-state index is -6.02. The van der Waals surface area contributed by atoms with Gasteiger partial charge in [0.05, 0.1) is 0 Å². The van der Waals surface area contributed by atoms with Gasteiger partial charge in [-0.2, -0.15) is 14.7 Å². The fourth-order valence-corrected chi connectivity index (χ4v) is 6.34. The molecule has 4 rings (SSSR count). The Bertz CT molecular complexity index is 781. The number of ketones is 2. The van der Waals surface area contributed by atoms with Crippen LogP contribution in [0.2, 0.25) is 0 Å². The Labute approximate surface area is 188 Å². The Morgan fingerprint density at radius 2 is 1.71 bits per heavy atom. The summed E-state index contributed by atoms with van der Waals surface area (Å²) in [5.74, 6) is 0.902. The number of alkyl halides is 2. The molecule has 7 unspecified atom stereocenters. The van der Waals surface area contributed by atoms with Gasteiger partial charge in [0.1, 0.15) is 5.78 Å². The molecule has 4 bridgehead atoms. The summed E-state index contributed by atoms with van der Waals surface area (Å²) < 4.78 is 57.7. The van der Waals surface area contributed by atoms with Crippen LogP contribution in [0.3, 0.4) is 0 Å². The average Bonchev–Trinajstić information content (AvgIpc) is 3.31. The van der Waals surface area contributed by atoms with Crippen molar-refractivity contribution in [1.29, 1.82) is 0 Å². The molecule has 5 nitrogen and oxygen atoms in total. The zero-order chi connectivity index (χ0) is 18.9. The summed E-state index contributed by atoms with van der Waals surface area (Å²) in [6.45, 7) is 0. The average molecular weight is 639 g/mol. The maximum Gasteiger partial charge on any atom is 0.391 e. The van der Waals surface area contributed by atoms with Crippen molar-refractivity contribution in [3.63, 3.8) is 0 Å². The second-order valence-electron chi connectivity index (χ2n) is 8.10. The van der Waals surface area contributed by atoms with Gasteiger partial charge in [-0.05, 0) is 30.6 Å². The van der Waals surface area contributed by atoms with Crippen molar-refractivity contribution in [2.45, 2.75) is 37.4 Å². The predicted octanol–water partition coefficient (Wildman–Crippen LogP) is 2.79. The van der Waals surface area contributed by atoms with Crippen molar-refractivity contribution in [3.8, 4) is 0 Å². The van der Waals surface area contributed by atoms with Crippen LogP contribution in [-0.4, -0.2) is 29.8 Å². The van der Waals surface area contributed by atoms with E-state index in [-0.39, 0.29) is 63.1 Å². The molecule has 9 heteroatoms. The molecule has 0 spiro atoms. The van der Waals surface area contributed by atoms with Crippen LogP contribution in [0, 0.1) is 86.4 Å². The quantitative estimate of drug-likeness (QED) is 0.185. The zero-order valence-electron chi connectivity index (χ0n) is 15.5. The van der Waals surface area contributed by atoms with Crippen molar-refractivity contribution in [2.24, 2.45) is 41.4 Å². The molecule has 28 heavy (non-hydrogen) atoms. The van der Waals surface area contributed by atoms with E-state index in [9.17, 15) is 31.3 Å². The Hall–Kier alpha value is -0.228. The Morgan fingerprint density at radius 3 is 2.32 bits per heavy atom. The van der Waals surface area contributed by atoms with Gasteiger partial charge < -0.3 is 15.8 Å². The molecule has 4 aliphatic rings. The summed E-state index contributed by atoms with van der Waals surface area (Å²) in [5.41, 5.74) is 0. The first-order valence-electron chi connectivity index (χ1n) is 9.04. The number of allylic oxidation sites excluding steroid dienone is 2. The summed E-state index contributed by atoms with van der Waals surface area (Å²) in [6, 6.07) is 0. The van der Waals surface area contributed by atoms with Gasteiger partial charge >= 0.3 is 5.25 Å². The largest absolute Gasteiger partial charge is 0.743 e. The molecule has 0 heterocycles. The molecule has 0 aliphatic heterocycles. The van der Waals surface area contributed by atoms with Crippen LogP contribution >= 0.6 is 0 Å². The number of carbonyl (C=O) groups excluding carboxylic acids is 2. The number of Topliss-reactive ketones (excluding diaryl/α,β-unsaturated/α-hetero) is 2. The molecule has 0 aromatic heterocycles. The van der Waals surface area contributed by atoms with E-state index in [0.717, 1.165) is 6.42 Å². The molecular weight excluding hydrogens is 616 g/mol. The van der Waals surface area contributed by atoms with Crippen LogP contribution in [0.4, 0.5) is 8.78 Å². The van der Waals surface area contributed by atoms with Gasteiger partial charge in [0, 0.05) is 51.4 Å². The van der Waals surface area contributed by atoms with Gasteiger partial charge in [-0.15, -0.1) is 5.92 Å². The Balaban J connectivity index is 0.00000140. The summed E-state index contributed by atoms with van der Waals surface area (Å²) in [4.78, 5) is 23.9. The maximum absolute atomic E-state index is 13.2. The molecule has 0 radical (unpaired) electrons. The molecule has 0 N–H and O–H groups in total. The summed E-state index contributed by atoms with van der Waals surface area (Å²) in [7, 11) is -6.02. The van der Waals surface area contributed by atoms with Gasteiger partial charge in [0.2, 0.25) is 5.78 Å². The number of rotatable bonds is 7. The van der Waals surface area contributed by atoms with Gasteiger partial charge in [-0.3, -0.25) is 4.79 Å². The molecule has 0 amide bonds. The normalized spacial score (nSPS) is 37.3. The molecule has 0 aromatic rings. The van der Waals surface area contributed by atoms with E-state index in [4.69, 9.17) is 0 Å². The fraction of sp³-hybridized carbons (Fsp3) is 0.684. The summed E-state index contributed by atoms with van der Waals surface area (Å²) in [6.07, 6.45) is 7.85. The summed E-state index contributed by atoms with van der Waals surface area (Å²) >= 11 is 0. The number of carbonyl (C=O) groups is 2. The second kappa shape index (κ2) is 8.13. The third-order valence-corrected chi connectivity index (χ3v) is 7.72. The van der Waals surface area contributed by atoms with Crippen LogP contribution in [0.1, 0.15) is 32.1 Å². The van der Waals surface area contributed by atoms with Crippen LogP contribution in [0.25, 0.3) is 0 Å². The standard InChI is InChI=1S/C18H21F2O5S.CH3.U/c19-18(20,26(23,24)25)15(22)3-1-2-14(21)12-7-11-8-13(12)17-10-5-4-9(6-10)16(11)17;;/h4-5,7,9-13,16-17H,1-3,6,8H2,(H,23,24,25);1H3;/q-1;+1;/p-1. The number of hydrogen-bond acceptors (Lipinski definition) is 5. The number of halogens is 2. The van der Waals surface area contributed by atoms with E-state index >= 15 is 0 Å². The van der Waals surface area contributed by atoms with Gasteiger partial charge in [0.25, 0.3) is 0 Å². The van der Waals surface area contributed by atoms with E-state index in [0.29, 0.717) is 35.5 Å². The molecule has 7 atom stereocenters.